The van der Waals surface area contributed by atoms with Gasteiger partial charge in [-0.1, -0.05) is 12.8 Å². The van der Waals surface area contributed by atoms with Crippen molar-refractivity contribution in [2.24, 2.45) is 5.92 Å². The second-order valence-corrected chi connectivity index (χ2v) is 6.25. The molecule has 0 spiro atoms. The molecular weight excluding hydrogens is 296 g/mol. The normalized spacial score (nSPS) is 19.7. The van der Waals surface area contributed by atoms with E-state index in [9.17, 15) is 14.9 Å². The van der Waals surface area contributed by atoms with Crippen molar-refractivity contribution in [3.63, 3.8) is 0 Å². The first kappa shape index (κ1) is 15.7. The van der Waals surface area contributed by atoms with Gasteiger partial charge in [0.1, 0.15) is 0 Å². The quantitative estimate of drug-likeness (QED) is 0.630. The number of amides is 1. The molecule has 1 aliphatic heterocycles. The largest absolute Gasteiger partial charge is 0.349 e. The molecule has 1 aromatic heterocycles. The van der Waals surface area contributed by atoms with Crippen LogP contribution in [0.2, 0.25) is 0 Å². The minimum Gasteiger partial charge on any atom is -0.349 e. The Morgan fingerprint density at radius 1 is 1.17 bits per heavy atom. The molecule has 0 N–H and O–H groups in total. The van der Waals surface area contributed by atoms with Crippen molar-refractivity contribution in [3.05, 3.63) is 28.4 Å². The Morgan fingerprint density at radius 2 is 1.96 bits per heavy atom. The second-order valence-electron chi connectivity index (χ2n) is 6.25. The number of carbonyl (C=O) groups excluding carboxylic acids is 1. The lowest BCUT2D eigenvalue weighted by molar-refractivity contribution is -0.384. The van der Waals surface area contributed by atoms with Crippen molar-refractivity contribution in [3.8, 4) is 0 Å². The maximum absolute atomic E-state index is 12.6. The molecular formula is C16H22N4O3. The average Bonchev–Trinajstić information content (AvgIpc) is 2.99. The van der Waals surface area contributed by atoms with Gasteiger partial charge in [0.05, 0.1) is 4.92 Å². The monoisotopic (exact) mass is 318 g/mol. The summed E-state index contributed by atoms with van der Waals surface area (Å²) in [7, 11) is 0. The Bertz CT molecular complexity index is 586. The molecule has 2 fully saturated rings. The van der Waals surface area contributed by atoms with Gasteiger partial charge < -0.3 is 9.80 Å². The van der Waals surface area contributed by atoms with Gasteiger partial charge in [0.2, 0.25) is 11.7 Å². The Morgan fingerprint density at radius 3 is 2.70 bits per heavy atom. The summed E-state index contributed by atoms with van der Waals surface area (Å²) in [6.45, 7) is 2.62. The Labute approximate surface area is 135 Å². The van der Waals surface area contributed by atoms with E-state index < -0.39 is 4.92 Å². The van der Waals surface area contributed by atoms with Crippen molar-refractivity contribution in [2.45, 2.75) is 32.1 Å². The minimum atomic E-state index is -0.394. The fourth-order valence-electron chi connectivity index (χ4n) is 3.56. The van der Waals surface area contributed by atoms with Gasteiger partial charge >= 0.3 is 5.69 Å². The molecule has 0 bridgehead atoms. The van der Waals surface area contributed by atoms with Crippen LogP contribution >= 0.6 is 0 Å². The fourth-order valence-corrected chi connectivity index (χ4v) is 3.56. The van der Waals surface area contributed by atoms with E-state index in [1.807, 2.05) is 9.80 Å². The summed E-state index contributed by atoms with van der Waals surface area (Å²) in [5, 5.41) is 11.2. The van der Waals surface area contributed by atoms with Gasteiger partial charge in [-0.25, -0.2) is 4.98 Å². The zero-order chi connectivity index (χ0) is 16.2. The highest BCUT2D eigenvalue weighted by molar-refractivity contribution is 5.79. The lowest BCUT2D eigenvalue weighted by Gasteiger charge is -2.24. The third-order valence-corrected chi connectivity index (χ3v) is 4.77. The number of carbonyl (C=O) groups is 1. The first-order valence-electron chi connectivity index (χ1n) is 8.30. The van der Waals surface area contributed by atoms with Crippen molar-refractivity contribution in [2.75, 3.05) is 31.1 Å². The number of aromatic nitrogens is 1. The van der Waals surface area contributed by atoms with Crippen molar-refractivity contribution in [1.29, 1.82) is 0 Å². The predicted molar refractivity (Wildman–Crippen MR) is 86.3 cm³/mol. The molecule has 1 saturated heterocycles. The number of rotatable bonds is 3. The van der Waals surface area contributed by atoms with E-state index in [1.165, 1.54) is 6.07 Å². The molecule has 7 heteroatoms. The number of nitro groups is 1. The summed E-state index contributed by atoms with van der Waals surface area (Å²) in [5.41, 5.74) is 0.0306. The summed E-state index contributed by atoms with van der Waals surface area (Å²) >= 11 is 0. The van der Waals surface area contributed by atoms with E-state index in [1.54, 1.807) is 12.3 Å². The highest BCUT2D eigenvalue weighted by Gasteiger charge is 2.29. The predicted octanol–water partition coefficient (Wildman–Crippen LogP) is 2.22. The molecule has 1 aromatic rings. The first-order valence-corrected chi connectivity index (χ1v) is 8.30. The van der Waals surface area contributed by atoms with Crippen LogP contribution in [0.1, 0.15) is 32.1 Å². The number of pyridine rings is 1. The van der Waals surface area contributed by atoms with Crippen LogP contribution in [0.15, 0.2) is 18.3 Å². The third kappa shape index (κ3) is 3.43. The Hall–Kier alpha value is -2.18. The van der Waals surface area contributed by atoms with Crippen LogP contribution in [-0.4, -0.2) is 46.9 Å². The summed E-state index contributed by atoms with van der Waals surface area (Å²) in [6, 6.07) is 3.06. The van der Waals surface area contributed by atoms with Crippen molar-refractivity contribution >= 4 is 17.4 Å². The molecule has 1 amide bonds. The Balaban J connectivity index is 1.69. The molecule has 0 atom stereocenters. The van der Waals surface area contributed by atoms with E-state index in [4.69, 9.17) is 0 Å². The van der Waals surface area contributed by atoms with E-state index in [2.05, 4.69) is 4.98 Å². The minimum absolute atomic E-state index is 0.0306. The van der Waals surface area contributed by atoms with Crippen LogP contribution in [0.5, 0.6) is 0 Å². The second kappa shape index (κ2) is 6.93. The van der Waals surface area contributed by atoms with E-state index in [0.29, 0.717) is 25.5 Å². The van der Waals surface area contributed by atoms with E-state index in [0.717, 1.165) is 38.6 Å². The number of hydrogen-bond acceptors (Lipinski definition) is 5. The zero-order valence-corrected chi connectivity index (χ0v) is 13.2. The van der Waals surface area contributed by atoms with E-state index in [-0.39, 0.29) is 17.5 Å². The maximum Gasteiger partial charge on any atom is 0.311 e. The molecule has 3 rings (SSSR count). The van der Waals surface area contributed by atoms with Crippen molar-refractivity contribution < 1.29 is 9.72 Å². The van der Waals surface area contributed by atoms with Gasteiger partial charge in [0, 0.05) is 44.4 Å². The molecule has 1 saturated carbocycles. The molecule has 0 radical (unpaired) electrons. The summed E-state index contributed by atoms with van der Waals surface area (Å²) in [6.07, 6.45) is 6.70. The number of anilines is 1. The standard InChI is InChI=1S/C16H22N4O3/c21-16(13-5-1-2-6-13)19-10-4-9-18(11-12-19)15-14(20(22)23)7-3-8-17-15/h3,7-8,13H,1-2,4-6,9-12H2. The number of hydrogen-bond donors (Lipinski definition) is 0. The van der Waals surface area contributed by atoms with Gasteiger partial charge in [-0.15, -0.1) is 0 Å². The van der Waals surface area contributed by atoms with Gasteiger partial charge in [0.25, 0.3) is 0 Å². The fraction of sp³-hybridized carbons (Fsp3) is 0.625. The van der Waals surface area contributed by atoms with E-state index >= 15 is 0 Å². The van der Waals surface area contributed by atoms with Crippen LogP contribution in [0, 0.1) is 16.0 Å². The molecule has 0 unspecified atom stereocenters. The zero-order valence-electron chi connectivity index (χ0n) is 13.2. The molecule has 2 aliphatic rings. The average molecular weight is 318 g/mol. The van der Waals surface area contributed by atoms with Crippen LogP contribution in [0.25, 0.3) is 0 Å². The molecule has 7 nitrogen and oxygen atoms in total. The van der Waals surface area contributed by atoms with Gasteiger partial charge in [-0.2, -0.15) is 0 Å². The summed E-state index contributed by atoms with van der Waals surface area (Å²) in [4.78, 5) is 31.4. The van der Waals surface area contributed by atoms with Crippen LogP contribution < -0.4 is 4.90 Å². The maximum atomic E-state index is 12.6. The number of nitrogens with zero attached hydrogens (tertiary/aromatic N) is 4. The Kier molecular flexibility index (Phi) is 4.73. The first-order chi connectivity index (χ1) is 11.2. The summed E-state index contributed by atoms with van der Waals surface area (Å²) < 4.78 is 0. The molecule has 2 heterocycles. The SMILES string of the molecule is O=C(C1CCCC1)N1CCCN(c2ncccc2[N+](=O)[O-])CC1. The summed E-state index contributed by atoms with van der Waals surface area (Å²) in [5.74, 6) is 0.860. The van der Waals surface area contributed by atoms with Crippen LogP contribution in [-0.2, 0) is 4.79 Å². The van der Waals surface area contributed by atoms with Crippen LogP contribution in [0.3, 0.4) is 0 Å². The lowest BCUT2D eigenvalue weighted by atomic mass is 10.1. The highest BCUT2D eigenvalue weighted by Crippen LogP contribution is 2.28. The topological polar surface area (TPSA) is 79.6 Å². The molecule has 0 aromatic carbocycles. The van der Waals surface area contributed by atoms with Gasteiger partial charge in [-0.3, -0.25) is 14.9 Å². The van der Waals surface area contributed by atoms with Crippen molar-refractivity contribution in [1.82, 2.24) is 9.88 Å². The van der Waals surface area contributed by atoms with Gasteiger partial charge in [0.15, 0.2) is 0 Å². The van der Waals surface area contributed by atoms with Crippen LogP contribution in [0.4, 0.5) is 11.5 Å². The highest BCUT2D eigenvalue weighted by atomic mass is 16.6. The van der Waals surface area contributed by atoms with Gasteiger partial charge in [-0.05, 0) is 25.3 Å². The smallest absolute Gasteiger partial charge is 0.311 e. The molecule has 1 aliphatic carbocycles. The third-order valence-electron chi connectivity index (χ3n) is 4.77. The molecule has 23 heavy (non-hydrogen) atoms. The molecule has 124 valence electrons. The lowest BCUT2D eigenvalue weighted by Crippen LogP contribution is -2.38.